The van der Waals surface area contributed by atoms with Crippen molar-refractivity contribution in [2.45, 2.75) is 44.1 Å². The Kier molecular flexibility index (Phi) is 4.74. The van der Waals surface area contributed by atoms with Crippen LogP contribution in [0, 0.1) is 5.92 Å². The first-order chi connectivity index (χ1) is 9.33. The van der Waals surface area contributed by atoms with Crippen molar-refractivity contribution in [3.63, 3.8) is 0 Å². The van der Waals surface area contributed by atoms with E-state index in [1.54, 1.807) is 0 Å². The van der Waals surface area contributed by atoms with Crippen LogP contribution in [-0.2, 0) is 14.6 Å². The lowest BCUT2D eigenvalue weighted by atomic mass is 9.95. The summed E-state index contributed by atoms with van der Waals surface area (Å²) in [5.41, 5.74) is 0.0947. The molecule has 1 amide bonds. The fourth-order valence-corrected chi connectivity index (χ4v) is 5.31. The molecular weight excluding hydrogens is 276 g/mol. The lowest BCUT2D eigenvalue weighted by Crippen LogP contribution is -2.51. The summed E-state index contributed by atoms with van der Waals surface area (Å²) >= 11 is 0. The van der Waals surface area contributed by atoms with E-state index >= 15 is 0 Å². The van der Waals surface area contributed by atoms with Gasteiger partial charge in [0, 0.05) is 18.5 Å². The first-order valence-electron chi connectivity index (χ1n) is 7.48. The highest BCUT2D eigenvalue weighted by Gasteiger charge is 2.36. The van der Waals surface area contributed by atoms with Crippen molar-refractivity contribution in [3.8, 4) is 0 Å². The maximum Gasteiger partial charge on any atom is 0.220 e. The summed E-state index contributed by atoms with van der Waals surface area (Å²) < 4.78 is 22.8. The van der Waals surface area contributed by atoms with Crippen molar-refractivity contribution in [1.29, 1.82) is 0 Å². The van der Waals surface area contributed by atoms with Gasteiger partial charge >= 0.3 is 0 Å². The second-order valence-electron chi connectivity index (χ2n) is 6.58. The first-order valence-corrected chi connectivity index (χ1v) is 9.30. The van der Waals surface area contributed by atoms with E-state index in [2.05, 4.69) is 24.3 Å². The number of sulfone groups is 1. The molecule has 0 bridgehead atoms. The highest BCUT2D eigenvalue weighted by molar-refractivity contribution is 7.91. The van der Waals surface area contributed by atoms with Crippen molar-refractivity contribution in [2.24, 2.45) is 5.92 Å². The summed E-state index contributed by atoms with van der Waals surface area (Å²) in [6.07, 6.45) is 5.66. The summed E-state index contributed by atoms with van der Waals surface area (Å²) in [4.78, 5) is 14.2. The molecule has 20 heavy (non-hydrogen) atoms. The molecule has 2 fully saturated rings. The van der Waals surface area contributed by atoms with Gasteiger partial charge in [0.05, 0.1) is 11.5 Å². The molecule has 1 N–H and O–H groups in total. The molecule has 2 rings (SSSR count). The van der Waals surface area contributed by atoms with E-state index in [-0.39, 0.29) is 28.9 Å². The Morgan fingerprint density at radius 1 is 1.30 bits per heavy atom. The number of nitrogens with one attached hydrogen (secondary N) is 1. The average molecular weight is 302 g/mol. The topological polar surface area (TPSA) is 66.5 Å². The van der Waals surface area contributed by atoms with Gasteiger partial charge < -0.3 is 10.2 Å². The molecule has 0 unspecified atom stereocenters. The van der Waals surface area contributed by atoms with E-state index in [0.29, 0.717) is 19.4 Å². The third-order valence-corrected chi connectivity index (χ3v) is 6.74. The number of nitrogens with zero attached hydrogens (tertiary/aromatic N) is 1. The quantitative estimate of drug-likeness (QED) is 0.816. The SMILES string of the molecule is CN(C)C1(CNC(=O)C[C@H]2CCS(=O)(=O)C2)CCCC1. The standard InChI is InChI=1S/C14H26N2O3S/c1-16(2)14(6-3-4-7-14)11-15-13(17)9-12-5-8-20(18,19)10-12/h12H,3-11H2,1-2H3,(H,15,17)/t12-/m1/s1. The lowest BCUT2D eigenvalue weighted by molar-refractivity contribution is -0.122. The minimum absolute atomic E-state index is 0.000208. The zero-order valence-electron chi connectivity index (χ0n) is 12.5. The van der Waals surface area contributed by atoms with Gasteiger partial charge in [-0.2, -0.15) is 0 Å². The van der Waals surface area contributed by atoms with Gasteiger partial charge in [0.25, 0.3) is 0 Å². The Balaban J connectivity index is 1.80. The fourth-order valence-electron chi connectivity index (χ4n) is 3.45. The molecule has 1 heterocycles. The summed E-state index contributed by atoms with van der Waals surface area (Å²) in [5.74, 6) is 0.436. The molecule has 116 valence electrons. The van der Waals surface area contributed by atoms with Crippen molar-refractivity contribution in [2.75, 3.05) is 32.1 Å². The Morgan fingerprint density at radius 2 is 1.95 bits per heavy atom. The van der Waals surface area contributed by atoms with Gasteiger partial charge in [-0.3, -0.25) is 4.79 Å². The maximum absolute atomic E-state index is 12.0. The molecule has 2 aliphatic rings. The van der Waals surface area contributed by atoms with E-state index in [1.165, 1.54) is 12.8 Å². The van der Waals surface area contributed by atoms with Crippen LogP contribution in [0.1, 0.15) is 38.5 Å². The van der Waals surface area contributed by atoms with Crippen LogP contribution in [0.4, 0.5) is 0 Å². The molecular formula is C14H26N2O3S. The van der Waals surface area contributed by atoms with Crippen LogP contribution in [0.25, 0.3) is 0 Å². The van der Waals surface area contributed by atoms with E-state index in [4.69, 9.17) is 0 Å². The minimum Gasteiger partial charge on any atom is -0.354 e. The average Bonchev–Trinajstić information content (AvgIpc) is 2.94. The van der Waals surface area contributed by atoms with Crippen LogP contribution < -0.4 is 5.32 Å². The Bertz CT molecular complexity index is 453. The number of amides is 1. The number of rotatable bonds is 5. The summed E-state index contributed by atoms with van der Waals surface area (Å²) in [6.45, 7) is 0.679. The molecule has 6 heteroatoms. The predicted molar refractivity (Wildman–Crippen MR) is 79.3 cm³/mol. The Labute approximate surface area is 122 Å². The van der Waals surface area contributed by atoms with Gasteiger partial charge in [0.2, 0.25) is 5.91 Å². The van der Waals surface area contributed by atoms with Crippen LogP contribution in [-0.4, -0.2) is 56.9 Å². The first kappa shape index (κ1) is 15.8. The van der Waals surface area contributed by atoms with E-state index in [9.17, 15) is 13.2 Å². The third kappa shape index (κ3) is 3.73. The van der Waals surface area contributed by atoms with Crippen molar-refractivity contribution in [3.05, 3.63) is 0 Å². The molecule has 1 aliphatic heterocycles. The number of carbonyl (C=O) groups is 1. The van der Waals surface area contributed by atoms with Crippen molar-refractivity contribution >= 4 is 15.7 Å². The van der Waals surface area contributed by atoms with E-state index < -0.39 is 9.84 Å². The Hall–Kier alpha value is -0.620. The number of carbonyl (C=O) groups excluding carboxylic acids is 1. The molecule has 5 nitrogen and oxygen atoms in total. The highest BCUT2D eigenvalue weighted by atomic mass is 32.2. The summed E-state index contributed by atoms with van der Waals surface area (Å²) in [7, 11) is 1.26. The van der Waals surface area contributed by atoms with E-state index in [0.717, 1.165) is 12.8 Å². The van der Waals surface area contributed by atoms with Gasteiger partial charge in [-0.15, -0.1) is 0 Å². The van der Waals surface area contributed by atoms with Crippen LogP contribution >= 0.6 is 0 Å². The molecule has 1 saturated carbocycles. The molecule has 1 atom stereocenters. The zero-order valence-corrected chi connectivity index (χ0v) is 13.3. The van der Waals surface area contributed by atoms with Crippen molar-refractivity contribution < 1.29 is 13.2 Å². The van der Waals surface area contributed by atoms with Gasteiger partial charge in [-0.1, -0.05) is 12.8 Å². The predicted octanol–water partition coefficient (Wildman–Crippen LogP) is 0.802. The number of hydrogen-bond acceptors (Lipinski definition) is 4. The monoisotopic (exact) mass is 302 g/mol. The molecule has 1 saturated heterocycles. The minimum atomic E-state index is -2.89. The zero-order chi connectivity index (χ0) is 14.8. The van der Waals surface area contributed by atoms with Gasteiger partial charge in [-0.05, 0) is 39.3 Å². The molecule has 0 spiro atoms. The molecule has 0 aromatic rings. The van der Waals surface area contributed by atoms with E-state index in [1.807, 2.05) is 0 Å². The van der Waals surface area contributed by atoms with Crippen LogP contribution in [0.3, 0.4) is 0 Å². The maximum atomic E-state index is 12.0. The van der Waals surface area contributed by atoms with Crippen LogP contribution in [0.5, 0.6) is 0 Å². The largest absolute Gasteiger partial charge is 0.354 e. The lowest BCUT2D eigenvalue weighted by Gasteiger charge is -2.36. The number of likely N-dealkylation sites (N-methyl/N-ethyl adjacent to an activating group) is 1. The number of hydrogen-bond donors (Lipinski definition) is 1. The van der Waals surface area contributed by atoms with Gasteiger partial charge in [0.15, 0.2) is 9.84 Å². The van der Waals surface area contributed by atoms with Crippen LogP contribution in [0.15, 0.2) is 0 Å². The summed E-state index contributed by atoms with van der Waals surface area (Å²) in [6, 6.07) is 0. The molecule has 0 aromatic carbocycles. The van der Waals surface area contributed by atoms with Crippen molar-refractivity contribution in [1.82, 2.24) is 10.2 Å². The second-order valence-corrected chi connectivity index (χ2v) is 8.80. The van der Waals surface area contributed by atoms with Crippen LogP contribution in [0.2, 0.25) is 0 Å². The normalized spacial score (nSPS) is 27.9. The second kappa shape index (κ2) is 6.02. The molecule has 0 aromatic heterocycles. The summed E-state index contributed by atoms with van der Waals surface area (Å²) in [5, 5.41) is 3.03. The van der Waals surface area contributed by atoms with Gasteiger partial charge in [0.1, 0.15) is 0 Å². The fraction of sp³-hybridized carbons (Fsp3) is 0.929. The highest BCUT2D eigenvalue weighted by Crippen LogP contribution is 2.33. The van der Waals surface area contributed by atoms with Gasteiger partial charge in [-0.25, -0.2) is 8.42 Å². The smallest absolute Gasteiger partial charge is 0.220 e. The third-order valence-electron chi connectivity index (χ3n) is 4.90. The molecule has 0 radical (unpaired) electrons. The Morgan fingerprint density at radius 3 is 2.45 bits per heavy atom. The molecule has 1 aliphatic carbocycles.